The van der Waals surface area contributed by atoms with Gasteiger partial charge in [0.05, 0.1) is 16.7 Å². The van der Waals surface area contributed by atoms with Crippen molar-refractivity contribution >= 4 is 43.7 Å². The van der Waals surface area contributed by atoms with Crippen LogP contribution in [0.25, 0.3) is 82.8 Å². The molecule has 0 N–H and O–H groups in total. The molecule has 44 heavy (non-hydrogen) atoms. The molecule has 0 bridgehead atoms. The van der Waals surface area contributed by atoms with Crippen LogP contribution in [-0.4, -0.2) is 4.57 Å². The molecule has 0 unspecified atom stereocenters. The van der Waals surface area contributed by atoms with E-state index < -0.39 is 0 Å². The fourth-order valence-electron chi connectivity index (χ4n) is 6.80. The van der Waals surface area contributed by atoms with E-state index in [2.05, 4.69) is 156 Å². The predicted octanol–water partition coefficient (Wildman–Crippen LogP) is 11.7. The molecule has 0 saturated heterocycles. The maximum absolute atomic E-state index is 6.17. The first-order valence-electron chi connectivity index (χ1n) is 15.0. The van der Waals surface area contributed by atoms with Crippen molar-refractivity contribution in [1.82, 2.24) is 4.57 Å². The lowest BCUT2D eigenvalue weighted by Crippen LogP contribution is -1.97. The lowest BCUT2D eigenvalue weighted by molar-refractivity contribution is 0.669. The summed E-state index contributed by atoms with van der Waals surface area (Å²) in [6, 6.07) is 58.5. The standard InChI is InChI=1S/C42H27NO/c1-2-11-29(12-3-1)33-16-10-19-39-42(33)36-15-5-8-18-38(36)43(39)37-17-7-4-13-32(37)30-23-21-28(22-24-30)31-25-26-35-34-14-6-9-20-40(34)44-41(35)27-31/h1-27H. The first-order chi connectivity index (χ1) is 21.8. The number of benzene rings is 7. The second-order valence-corrected chi connectivity index (χ2v) is 11.3. The van der Waals surface area contributed by atoms with Crippen LogP contribution in [0.15, 0.2) is 168 Å². The van der Waals surface area contributed by atoms with Gasteiger partial charge in [-0.15, -0.1) is 0 Å². The van der Waals surface area contributed by atoms with E-state index in [0.29, 0.717) is 0 Å². The summed E-state index contributed by atoms with van der Waals surface area (Å²) in [7, 11) is 0. The van der Waals surface area contributed by atoms with E-state index >= 15 is 0 Å². The summed E-state index contributed by atoms with van der Waals surface area (Å²) in [6.45, 7) is 0. The van der Waals surface area contributed by atoms with Gasteiger partial charge in [0, 0.05) is 27.1 Å². The van der Waals surface area contributed by atoms with E-state index in [0.717, 1.165) is 33.1 Å². The van der Waals surface area contributed by atoms with Gasteiger partial charge in [-0.05, 0) is 64.2 Å². The molecule has 0 atom stereocenters. The van der Waals surface area contributed by atoms with Crippen molar-refractivity contribution in [2.75, 3.05) is 0 Å². The Morgan fingerprint density at radius 1 is 0.364 bits per heavy atom. The number of nitrogens with zero attached hydrogens (tertiary/aromatic N) is 1. The highest BCUT2D eigenvalue weighted by Crippen LogP contribution is 2.41. The zero-order valence-corrected chi connectivity index (χ0v) is 23.9. The van der Waals surface area contributed by atoms with Crippen LogP contribution in [0, 0.1) is 0 Å². The molecular weight excluding hydrogens is 534 g/mol. The molecule has 2 aromatic heterocycles. The molecule has 9 rings (SSSR count). The number of furan rings is 1. The zero-order chi connectivity index (χ0) is 29.0. The van der Waals surface area contributed by atoms with Crippen molar-refractivity contribution in [3.8, 4) is 39.1 Å². The van der Waals surface area contributed by atoms with Crippen LogP contribution in [0.2, 0.25) is 0 Å². The molecule has 0 aliphatic heterocycles. The number of para-hydroxylation sites is 3. The molecule has 0 aliphatic rings. The second-order valence-electron chi connectivity index (χ2n) is 11.3. The minimum Gasteiger partial charge on any atom is -0.456 e. The Balaban J connectivity index is 1.18. The van der Waals surface area contributed by atoms with Gasteiger partial charge in [0.2, 0.25) is 0 Å². The van der Waals surface area contributed by atoms with Crippen molar-refractivity contribution in [3.63, 3.8) is 0 Å². The fourth-order valence-corrected chi connectivity index (χ4v) is 6.80. The maximum Gasteiger partial charge on any atom is 0.136 e. The van der Waals surface area contributed by atoms with E-state index in [1.54, 1.807) is 0 Å². The molecule has 0 aliphatic carbocycles. The van der Waals surface area contributed by atoms with E-state index in [1.807, 2.05) is 12.1 Å². The molecular formula is C42H27NO. The number of aromatic nitrogens is 1. The smallest absolute Gasteiger partial charge is 0.136 e. The monoisotopic (exact) mass is 561 g/mol. The topological polar surface area (TPSA) is 18.1 Å². The highest BCUT2D eigenvalue weighted by atomic mass is 16.3. The van der Waals surface area contributed by atoms with E-state index in [-0.39, 0.29) is 0 Å². The van der Waals surface area contributed by atoms with E-state index in [4.69, 9.17) is 4.42 Å². The average molecular weight is 562 g/mol. The third-order valence-electron chi connectivity index (χ3n) is 8.84. The number of hydrogen-bond donors (Lipinski definition) is 0. The van der Waals surface area contributed by atoms with E-state index in [9.17, 15) is 0 Å². The second kappa shape index (κ2) is 9.86. The SMILES string of the molecule is c1ccc(-c2cccc3c2c2ccccc2n3-c2ccccc2-c2ccc(-c3ccc4c(c3)oc3ccccc34)cc2)cc1. The molecule has 7 aromatic carbocycles. The summed E-state index contributed by atoms with van der Waals surface area (Å²) in [4.78, 5) is 0. The predicted molar refractivity (Wildman–Crippen MR) is 184 cm³/mol. The van der Waals surface area contributed by atoms with Gasteiger partial charge in [0.15, 0.2) is 0 Å². The van der Waals surface area contributed by atoms with Crippen LogP contribution >= 0.6 is 0 Å². The Morgan fingerprint density at radius 2 is 0.977 bits per heavy atom. The molecule has 206 valence electrons. The molecule has 2 nitrogen and oxygen atoms in total. The van der Waals surface area contributed by atoms with Crippen molar-refractivity contribution < 1.29 is 4.42 Å². The van der Waals surface area contributed by atoms with Crippen LogP contribution < -0.4 is 0 Å². The fraction of sp³-hybridized carbons (Fsp3) is 0. The summed E-state index contributed by atoms with van der Waals surface area (Å²) in [6.07, 6.45) is 0. The first-order valence-corrected chi connectivity index (χ1v) is 15.0. The van der Waals surface area contributed by atoms with Gasteiger partial charge in [-0.3, -0.25) is 0 Å². The summed E-state index contributed by atoms with van der Waals surface area (Å²) in [5.74, 6) is 0. The summed E-state index contributed by atoms with van der Waals surface area (Å²) < 4.78 is 8.60. The third kappa shape index (κ3) is 3.82. The van der Waals surface area contributed by atoms with Crippen LogP contribution in [-0.2, 0) is 0 Å². The lowest BCUT2D eigenvalue weighted by atomic mass is 9.98. The molecule has 0 saturated carbocycles. The molecule has 9 aromatic rings. The normalized spacial score (nSPS) is 11.6. The molecule has 0 amide bonds. The van der Waals surface area contributed by atoms with Crippen LogP contribution in [0.3, 0.4) is 0 Å². The minimum atomic E-state index is 0.916. The quantitative estimate of drug-likeness (QED) is 0.209. The van der Waals surface area contributed by atoms with Crippen molar-refractivity contribution in [2.24, 2.45) is 0 Å². The first kappa shape index (κ1) is 24.7. The Labute approximate surface area is 255 Å². The molecule has 2 heterocycles. The Morgan fingerprint density at radius 3 is 1.86 bits per heavy atom. The summed E-state index contributed by atoms with van der Waals surface area (Å²) in [5.41, 5.74) is 12.6. The van der Waals surface area contributed by atoms with Crippen LogP contribution in [0.5, 0.6) is 0 Å². The van der Waals surface area contributed by atoms with Gasteiger partial charge in [0.25, 0.3) is 0 Å². The van der Waals surface area contributed by atoms with Crippen molar-refractivity contribution in [3.05, 3.63) is 164 Å². The molecule has 0 radical (unpaired) electrons. The van der Waals surface area contributed by atoms with Crippen LogP contribution in [0.4, 0.5) is 0 Å². The Kier molecular flexibility index (Phi) is 5.54. The minimum absolute atomic E-state index is 0.916. The Bertz CT molecular complexity index is 2480. The molecule has 2 heteroatoms. The highest BCUT2D eigenvalue weighted by molar-refractivity contribution is 6.16. The van der Waals surface area contributed by atoms with Crippen molar-refractivity contribution in [2.45, 2.75) is 0 Å². The van der Waals surface area contributed by atoms with Gasteiger partial charge < -0.3 is 8.98 Å². The number of hydrogen-bond acceptors (Lipinski definition) is 1. The van der Waals surface area contributed by atoms with Crippen LogP contribution in [0.1, 0.15) is 0 Å². The molecule has 0 fully saturated rings. The van der Waals surface area contributed by atoms with Gasteiger partial charge >= 0.3 is 0 Å². The van der Waals surface area contributed by atoms with Gasteiger partial charge in [0.1, 0.15) is 11.2 Å². The van der Waals surface area contributed by atoms with Gasteiger partial charge in [-0.1, -0.05) is 127 Å². The zero-order valence-electron chi connectivity index (χ0n) is 23.9. The number of fused-ring (bicyclic) bond motifs is 6. The largest absolute Gasteiger partial charge is 0.456 e. The van der Waals surface area contributed by atoms with Crippen molar-refractivity contribution in [1.29, 1.82) is 0 Å². The average Bonchev–Trinajstić information content (AvgIpc) is 3.64. The summed E-state index contributed by atoms with van der Waals surface area (Å²) >= 11 is 0. The van der Waals surface area contributed by atoms with E-state index in [1.165, 1.54) is 49.7 Å². The van der Waals surface area contributed by atoms with Gasteiger partial charge in [-0.25, -0.2) is 0 Å². The Hall–Kier alpha value is -5.86. The number of rotatable bonds is 4. The maximum atomic E-state index is 6.17. The van der Waals surface area contributed by atoms with Gasteiger partial charge in [-0.2, -0.15) is 0 Å². The molecule has 0 spiro atoms. The third-order valence-corrected chi connectivity index (χ3v) is 8.84. The highest BCUT2D eigenvalue weighted by Gasteiger charge is 2.18. The lowest BCUT2D eigenvalue weighted by Gasteiger charge is -2.15. The summed E-state index contributed by atoms with van der Waals surface area (Å²) in [5, 5.41) is 4.84.